The number of tetrazole rings is 1. The summed E-state index contributed by atoms with van der Waals surface area (Å²) >= 11 is 6.54. The van der Waals surface area contributed by atoms with Crippen molar-refractivity contribution in [1.82, 2.24) is 44.5 Å². The van der Waals surface area contributed by atoms with E-state index in [-0.39, 0.29) is 29.6 Å². The maximum absolute atomic E-state index is 13.4. The molecule has 1 aliphatic rings. The number of carbonyl (C=O) groups excluding carboxylic acids is 1. The zero-order chi connectivity index (χ0) is 38.6. The van der Waals surface area contributed by atoms with Gasteiger partial charge in [0.2, 0.25) is 17.5 Å². The topological polar surface area (TPSA) is 164 Å². The van der Waals surface area contributed by atoms with Crippen molar-refractivity contribution in [2.45, 2.75) is 32.3 Å². The number of fused-ring (bicyclic) bond motifs is 1. The molecule has 19 heteroatoms. The van der Waals surface area contributed by atoms with Crippen molar-refractivity contribution in [3.05, 3.63) is 130 Å². The summed E-state index contributed by atoms with van der Waals surface area (Å²) in [5.74, 6) is -0.0570. The first-order chi connectivity index (χ1) is 26.3. The highest BCUT2D eigenvalue weighted by molar-refractivity contribution is 6.31. The Morgan fingerprint density at radius 1 is 0.964 bits per heavy atom. The number of non-ortho nitro benzene ring substituents is 1. The fourth-order valence-corrected chi connectivity index (χ4v) is 6.60. The number of halogens is 4. The number of ether oxygens (including phenoxy) is 1. The molecule has 0 N–H and O–H groups in total. The summed E-state index contributed by atoms with van der Waals surface area (Å²) < 4.78 is 51.3. The minimum atomic E-state index is -4.53. The Kier molecular flexibility index (Phi) is 8.40. The number of hydrogen-bond acceptors (Lipinski definition) is 10. The van der Waals surface area contributed by atoms with Gasteiger partial charge in [0.25, 0.3) is 5.69 Å². The molecule has 4 aromatic heterocycles. The van der Waals surface area contributed by atoms with Crippen LogP contribution < -0.4 is 0 Å². The zero-order valence-corrected chi connectivity index (χ0v) is 29.3. The maximum Gasteiger partial charge on any atom is 0.416 e. The molecule has 0 fully saturated rings. The Balaban J connectivity index is 1.23. The second-order valence-corrected chi connectivity index (χ2v) is 13.0. The van der Waals surface area contributed by atoms with Gasteiger partial charge in [-0.15, -0.1) is 10.2 Å². The first-order valence-corrected chi connectivity index (χ1v) is 16.8. The summed E-state index contributed by atoms with van der Waals surface area (Å²) in [5.41, 5.74) is 1.17. The molecule has 1 aliphatic heterocycles. The molecule has 1 amide bonds. The Labute approximate surface area is 313 Å². The van der Waals surface area contributed by atoms with Crippen LogP contribution in [0.5, 0.6) is 0 Å². The summed E-state index contributed by atoms with van der Waals surface area (Å²) in [6.07, 6.45) is 2.19. The number of nitro groups is 1. The number of amides is 1. The van der Waals surface area contributed by atoms with Crippen molar-refractivity contribution in [3.8, 4) is 34.0 Å². The number of carbonyl (C=O) groups is 1. The van der Waals surface area contributed by atoms with E-state index in [0.29, 0.717) is 44.0 Å². The third kappa shape index (κ3) is 6.31. The first kappa shape index (κ1) is 35.1. The van der Waals surface area contributed by atoms with Gasteiger partial charge in [-0.25, -0.2) is 4.68 Å². The fourth-order valence-electron chi connectivity index (χ4n) is 6.43. The lowest BCUT2D eigenvalue weighted by Gasteiger charge is -2.31. The predicted octanol–water partition coefficient (Wildman–Crippen LogP) is 7.18. The number of hydrogen-bond donors (Lipinski definition) is 0. The van der Waals surface area contributed by atoms with Gasteiger partial charge in [0.05, 0.1) is 27.4 Å². The molecular formula is C36H25ClF3N11O4. The number of hydrazone groups is 1. The summed E-state index contributed by atoms with van der Waals surface area (Å²) in [4.78, 5) is 27.7. The molecule has 3 aromatic carbocycles. The molecule has 55 heavy (non-hydrogen) atoms. The molecule has 5 heterocycles. The van der Waals surface area contributed by atoms with E-state index in [2.05, 4.69) is 25.6 Å². The van der Waals surface area contributed by atoms with E-state index in [1.54, 1.807) is 60.5 Å². The van der Waals surface area contributed by atoms with Crippen LogP contribution in [-0.4, -0.2) is 61.3 Å². The normalized spacial score (nSPS) is 15.7. The smallest absolute Gasteiger partial charge is 0.416 e. The molecule has 276 valence electrons. The highest BCUT2D eigenvalue weighted by Crippen LogP contribution is 2.40. The van der Waals surface area contributed by atoms with Crippen LogP contribution >= 0.6 is 11.6 Å². The predicted molar refractivity (Wildman–Crippen MR) is 192 cm³/mol. The SMILES string of the molecule is CC(=O)N1N=C(Cn2cc(-c3nn(-c4ccncc4)cc3-c3nnnn3-c3ccc(C(F)(F)F)cc3)c3cc(Cl)ccc32)OC1(C)c1ccc([N+](=O)[O-])cc1. The molecule has 0 spiro atoms. The minimum Gasteiger partial charge on any atom is -0.446 e. The van der Waals surface area contributed by atoms with Crippen LogP contribution in [0.1, 0.15) is 25.0 Å². The molecule has 0 aliphatic carbocycles. The second-order valence-electron chi connectivity index (χ2n) is 12.5. The lowest BCUT2D eigenvalue weighted by atomic mass is 10.0. The minimum absolute atomic E-state index is 0.0359. The Morgan fingerprint density at radius 3 is 2.36 bits per heavy atom. The monoisotopic (exact) mass is 767 g/mol. The molecule has 1 atom stereocenters. The molecular weight excluding hydrogens is 743 g/mol. The van der Waals surface area contributed by atoms with Crippen LogP contribution in [0, 0.1) is 10.1 Å². The van der Waals surface area contributed by atoms with Crippen LogP contribution in [0.3, 0.4) is 0 Å². The van der Waals surface area contributed by atoms with Crippen molar-refractivity contribution in [1.29, 1.82) is 0 Å². The Bertz CT molecular complexity index is 2640. The van der Waals surface area contributed by atoms with Gasteiger partial charge in [-0.2, -0.15) is 28.0 Å². The number of benzene rings is 3. The number of alkyl halides is 3. The van der Waals surface area contributed by atoms with E-state index in [4.69, 9.17) is 21.4 Å². The molecule has 0 bridgehead atoms. The Morgan fingerprint density at radius 2 is 1.69 bits per heavy atom. The third-order valence-electron chi connectivity index (χ3n) is 9.04. The van der Waals surface area contributed by atoms with Gasteiger partial charge in [0.15, 0.2) is 5.82 Å². The average molecular weight is 768 g/mol. The fraction of sp³-hybridized carbons (Fsp3) is 0.139. The number of nitro benzene ring substituents is 1. The van der Waals surface area contributed by atoms with Gasteiger partial charge in [-0.1, -0.05) is 11.6 Å². The van der Waals surface area contributed by atoms with Gasteiger partial charge < -0.3 is 9.30 Å². The van der Waals surface area contributed by atoms with Crippen LogP contribution in [0.15, 0.2) is 109 Å². The molecule has 0 radical (unpaired) electrons. The van der Waals surface area contributed by atoms with Gasteiger partial charge in [-0.05, 0) is 77.2 Å². The molecule has 1 unspecified atom stereocenters. The number of rotatable bonds is 8. The number of pyridine rings is 1. The molecule has 8 rings (SSSR count). The average Bonchev–Trinajstić information content (AvgIpc) is 3.96. The van der Waals surface area contributed by atoms with Crippen molar-refractivity contribution in [3.63, 3.8) is 0 Å². The van der Waals surface area contributed by atoms with Crippen molar-refractivity contribution >= 4 is 40.0 Å². The van der Waals surface area contributed by atoms with E-state index >= 15 is 0 Å². The second kappa shape index (κ2) is 13.2. The highest BCUT2D eigenvalue weighted by Gasteiger charge is 2.45. The summed E-state index contributed by atoms with van der Waals surface area (Å²) in [6.45, 7) is 3.02. The maximum atomic E-state index is 13.4. The van der Waals surface area contributed by atoms with Gasteiger partial charge in [-0.3, -0.25) is 19.9 Å². The quantitative estimate of drug-likeness (QED) is 0.115. The largest absolute Gasteiger partial charge is 0.446 e. The lowest BCUT2D eigenvalue weighted by molar-refractivity contribution is -0.384. The molecule has 0 saturated carbocycles. The third-order valence-corrected chi connectivity index (χ3v) is 9.27. The molecule has 7 aromatic rings. The van der Waals surface area contributed by atoms with E-state index in [1.807, 2.05) is 10.8 Å². The standard InChI is InChI=1S/C36H25ClF3N11O4/c1-21(52)50-35(2,22-3-10-27(11-4-22)51(53)54)55-32(43-50)20-47-18-29(28-17-24(37)7-12-31(28)47)33-30(19-48(44-33)25-13-15-41-16-14-25)34-42-45-46-49(34)26-8-5-23(6-9-26)36(38,39)40/h3-19H,20H2,1-2H3. The number of nitrogens with zero attached hydrogens (tertiary/aromatic N) is 11. The van der Waals surface area contributed by atoms with E-state index in [1.165, 1.54) is 53.0 Å². The van der Waals surface area contributed by atoms with Crippen LogP contribution in [-0.2, 0) is 28.0 Å². The van der Waals surface area contributed by atoms with E-state index in [9.17, 15) is 28.1 Å². The Hall–Kier alpha value is -6.95. The zero-order valence-electron chi connectivity index (χ0n) is 28.6. The van der Waals surface area contributed by atoms with Crippen molar-refractivity contribution in [2.75, 3.05) is 0 Å². The van der Waals surface area contributed by atoms with E-state index in [0.717, 1.165) is 12.1 Å². The van der Waals surface area contributed by atoms with Gasteiger partial charge in [0.1, 0.15) is 12.2 Å². The first-order valence-electron chi connectivity index (χ1n) is 16.4. The summed E-state index contributed by atoms with van der Waals surface area (Å²) in [6, 6.07) is 18.9. The highest BCUT2D eigenvalue weighted by atomic mass is 35.5. The van der Waals surface area contributed by atoms with Crippen molar-refractivity contribution < 1.29 is 27.6 Å². The van der Waals surface area contributed by atoms with Crippen LogP contribution in [0.4, 0.5) is 18.9 Å². The van der Waals surface area contributed by atoms with Crippen LogP contribution in [0.25, 0.3) is 44.9 Å². The lowest BCUT2D eigenvalue weighted by Crippen LogP contribution is -2.41. The summed E-state index contributed by atoms with van der Waals surface area (Å²) in [7, 11) is 0. The number of aromatic nitrogens is 8. The molecule has 0 saturated heterocycles. The van der Waals surface area contributed by atoms with E-state index < -0.39 is 28.3 Å². The van der Waals surface area contributed by atoms with Gasteiger partial charge >= 0.3 is 6.18 Å². The summed E-state index contributed by atoms with van der Waals surface area (Å²) in [5, 5.41) is 35.2. The van der Waals surface area contributed by atoms with Crippen LogP contribution in [0.2, 0.25) is 5.02 Å². The van der Waals surface area contributed by atoms with Gasteiger partial charge in [0, 0.05) is 77.8 Å². The van der Waals surface area contributed by atoms with Crippen molar-refractivity contribution in [2.24, 2.45) is 5.10 Å². The molecule has 15 nitrogen and oxygen atoms in total.